The lowest BCUT2D eigenvalue weighted by molar-refractivity contribution is 0.0936. The number of piperazine rings is 1. The number of pyridine rings is 1. The van der Waals surface area contributed by atoms with E-state index < -0.39 is 0 Å². The molecule has 0 unspecified atom stereocenters. The Hall–Kier alpha value is -1.17. The van der Waals surface area contributed by atoms with Gasteiger partial charge in [-0.25, -0.2) is 4.98 Å². The van der Waals surface area contributed by atoms with Gasteiger partial charge in [0.15, 0.2) is 0 Å². The van der Waals surface area contributed by atoms with Gasteiger partial charge in [0.2, 0.25) is 0 Å². The standard InChI is InChI=1S/C13H19ClN4O/c1-17-7-9-18(10-8-17)6-5-15-13(19)11-3-2-4-12(14)16-11/h2-4H,5-10H2,1H3,(H,15,19). The summed E-state index contributed by atoms with van der Waals surface area (Å²) in [5, 5.41) is 3.21. The van der Waals surface area contributed by atoms with Crippen LogP contribution in [-0.4, -0.2) is 67.0 Å². The minimum absolute atomic E-state index is 0.170. The Morgan fingerprint density at radius 1 is 1.37 bits per heavy atom. The molecule has 1 N–H and O–H groups in total. The lowest BCUT2D eigenvalue weighted by atomic mass is 10.3. The van der Waals surface area contributed by atoms with E-state index in [1.54, 1.807) is 18.2 Å². The third-order valence-electron chi connectivity index (χ3n) is 3.26. The average molecular weight is 283 g/mol. The second-order valence-corrected chi connectivity index (χ2v) is 5.13. The average Bonchev–Trinajstić information content (AvgIpc) is 2.41. The molecular formula is C13H19ClN4O. The zero-order chi connectivity index (χ0) is 13.7. The van der Waals surface area contributed by atoms with E-state index in [1.165, 1.54) is 0 Å². The van der Waals surface area contributed by atoms with Gasteiger partial charge in [-0.3, -0.25) is 9.69 Å². The maximum atomic E-state index is 11.8. The molecule has 0 atom stereocenters. The number of rotatable bonds is 4. The lowest BCUT2D eigenvalue weighted by Crippen LogP contribution is -2.46. The number of halogens is 1. The number of likely N-dealkylation sites (N-methyl/N-ethyl adjacent to an activating group) is 1. The minimum atomic E-state index is -0.170. The molecule has 1 aromatic rings. The van der Waals surface area contributed by atoms with Gasteiger partial charge in [-0.05, 0) is 19.2 Å². The van der Waals surface area contributed by atoms with Crippen molar-refractivity contribution in [1.29, 1.82) is 0 Å². The molecule has 1 aromatic heterocycles. The van der Waals surface area contributed by atoms with Crippen molar-refractivity contribution in [2.24, 2.45) is 0 Å². The summed E-state index contributed by atoms with van der Waals surface area (Å²) >= 11 is 5.75. The molecule has 1 amide bonds. The Morgan fingerprint density at radius 3 is 2.79 bits per heavy atom. The van der Waals surface area contributed by atoms with Gasteiger partial charge in [-0.2, -0.15) is 0 Å². The first-order valence-electron chi connectivity index (χ1n) is 6.47. The summed E-state index contributed by atoms with van der Waals surface area (Å²) in [7, 11) is 2.13. The minimum Gasteiger partial charge on any atom is -0.349 e. The van der Waals surface area contributed by atoms with Crippen LogP contribution in [0.3, 0.4) is 0 Å². The number of carbonyl (C=O) groups is 1. The van der Waals surface area contributed by atoms with E-state index in [0.717, 1.165) is 32.7 Å². The SMILES string of the molecule is CN1CCN(CCNC(=O)c2cccc(Cl)n2)CC1. The van der Waals surface area contributed by atoms with Gasteiger partial charge in [0, 0.05) is 39.3 Å². The van der Waals surface area contributed by atoms with E-state index >= 15 is 0 Å². The summed E-state index contributed by atoms with van der Waals surface area (Å²) < 4.78 is 0. The predicted octanol–water partition coefficient (Wildman–Crippen LogP) is 0.712. The van der Waals surface area contributed by atoms with Crippen molar-refractivity contribution in [3.05, 3.63) is 29.0 Å². The molecular weight excluding hydrogens is 264 g/mol. The summed E-state index contributed by atoms with van der Waals surface area (Å²) in [5.74, 6) is -0.170. The Morgan fingerprint density at radius 2 is 2.11 bits per heavy atom. The molecule has 1 aliphatic heterocycles. The van der Waals surface area contributed by atoms with E-state index in [9.17, 15) is 4.79 Å². The molecule has 1 saturated heterocycles. The molecule has 0 bridgehead atoms. The van der Waals surface area contributed by atoms with Crippen molar-refractivity contribution in [2.75, 3.05) is 46.3 Å². The summed E-state index contributed by atoms with van der Waals surface area (Å²) in [6.07, 6.45) is 0. The third-order valence-corrected chi connectivity index (χ3v) is 3.47. The van der Waals surface area contributed by atoms with Gasteiger partial charge < -0.3 is 10.2 Å². The lowest BCUT2D eigenvalue weighted by Gasteiger charge is -2.32. The predicted molar refractivity (Wildman–Crippen MR) is 75.5 cm³/mol. The highest BCUT2D eigenvalue weighted by Gasteiger charge is 2.13. The third kappa shape index (κ3) is 4.45. The number of amides is 1. The topological polar surface area (TPSA) is 48.5 Å². The Kier molecular flexibility index (Phi) is 5.13. The normalized spacial score (nSPS) is 17.4. The Balaban J connectivity index is 1.72. The first-order valence-corrected chi connectivity index (χ1v) is 6.84. The number of hydrogen-bond acceptors (Lipinski definition) is 4. The van der Waals surface area contributed by atoms with Crippen LogP contribution in [-0.2, 0) is 0 Å². The van der Waals surface area contributed by atoms with E-state index in [4.69, 9.17) is 11.6 Å². The number of nitrogens with one attached hydrogen (secondary N) is 1. The van der Waals surface area contributed by atoms with Crippen LogP contribution < -0.4 is 5.32 Å². The fraction of sp³-hybridized carbons (Fsp3) is 0.538. The highest BCUT2D eigenvalue weighted by molar-refractivity contribution is 6.29. The van der Waals surface area contributed by atoms with E-state index in [0.29, 0.717) is 17.4 Å². The van der Waals surface area contributed by atoms with Crippen LogP contribution in [0.25, 0.3) is 0 Å². The molecule has 0 aliphatic carbocycles. The maximum Gasteiger partial charge on any atom is 0.269 e. The second-order valence-electron chi connectivity index (χ2n) is 4.75. The molecule has 0 spiro atoms. The van der Waals surface area contributed by atoms with Crippen molar-refractivity contribution >= 4 is 17.5 Å². The number of aromatic nitrogens is 1. The fourth-order valence-corrected chi connectivity index (χ4v) is 2.19. The summed E-state index contributed by atoms with van der Waals surface area (Å²) in [5.41, 5.74) is 0.367. The van der Waals surface area contributed by atoms with Crippen molar-refractivity contribution < 1.29 is 4.79 Å². The molecule has 5 nitrogen and oxygen atoms in total. The largest absolute Gasteiger partial charge is 0.349 e. The smallest absolute Gasteiger partial charge is 0.269 e. The molecule has 2 rings (SSSR count). The van der Waals surface area contributed by atoms with Crippen LogP contribution in [0.2, 0.25) is 5.15 Å². The van der Waals surface area contributed by atoms with E-state index in [2.05, 4.69) is 27.1 Å². The zero-order valence-corrected chi connectivity index (χ0v) is 11.9. The maximum absolute atomic E-state index is 11.8. The van der Waals surface area contributed by atoms with Gasteiger partial charge in [0.25, 0.3) is 5.91 Å². The van der Waals surface area contributed by atoms with Gasteiger partial charge in [0.05, 0.1) is 0 Å². The van der Waals surface area contributed by atoms with Crippen LogP contribution in [0.1, 0.15) is 10.5 Å². The first kappa shape index (κ1) is 14.2. The zero-order valence-electron chi connectivity index (χ0n) is 11.1. The van der Waals surface area contributed by atoms with Crippen LogP contribution in [0, 0.1) is 0 Å². The highest BCUT2D eigenvalue weighted by Crippen LogP contribution is 2.04. The molecule has 6 heteroatoms. The number of nitrogens with zero attached hydrogens (tertiary/aromatic N) is 3. The molecule has 19 heavy (non-hydrogen) atoms. The molecule has 104 valence electrons. The van der Waals surface area contributed by atoms with Gasteiger partial charge in [-0.1, -0.05) is 17.7 Å². The Labute approximate surface area is 118 Å². The summed E-state index contributed by atoms with van der Waals surface area (Å²) in [6, 6.07) is 5.05. The van der Waals surface area contributed by atoms with Gasteiger partial charge >= 0.3 is 0 Å². The van der Waals surface area contributed by atoms with Crippen LogP contribution >= 0.6 is 11.6 Å². The molecule has 1 aliphatic rings. The van der Waals surface area contributed by atoms with Crippen LogP contribution in [0.4, 0.5) is 0 Å². The quantitative estimate of drug-likeness (QED) is 0.827. The first-order chi connectivity index (χ1) is 9.15. The van der Waals surface area contributed by atoms with Gasteiger partial charge in [-0.15, -0.1) is 0 Å². The molecule has 0 aromatic carbocycles. The van der Waals surface area contributed by atoms with Crippen molar-refractivity contribution in [3.63, 3.8) is 0 Å². The highest BCUT2D eigenvalue weighted by atomic mass is 35.5. The number of hydrogen-bond donors (Lipinski definition) is 1. The molecule has 2 heterocycles. The van der Waals surface area contributed by atoms with Crippen LogP contribution in [0.15, 0.2) is 18.2 Å². The summed E-state index contributed by atoms with van der Waals surface area (Å²) in [6.45, 7) is 5.80. The Bertz CT molecular complexity index is 432. The fourth-order valence-electron chi connectivity index (χ4n) is 2.02. The van der Waals surface area contributed by atoms with Crippen LogP contribution in [0.5, 0.6) is 0 Å². The monoisotopic (exact) mass is 282 g/mol. The van der Waals surface area contributed by atoms with E-state index in [1.807, 2.05) is 0 Å². The van der Waals surface area contributed by atoms with Crippen molar-refractivity contribution in [2.45, 2.75) is 0 Å². The molecule has 0 radical (unpaired) electrons. The molecule has 1 fully saturated rings. The summed E-state index contributed by atoms with van der Waals surface area (Å²) in [4.78, 5) is 20.5. The van der Waals surface area contributed by atoms with Gasteiger partial charge in [0.1, 0.15) is 10.8 Å². The molecule has 0 saturated carbocycles. The van der Waals surface area contributed by atoms with Crippen molar-refractivity contribution in [3.8, 4) is 0 Å². The van der Waals surface area contributed by atoms with Crippen molar-refractivity contribution in [1.82, 2.24) is 20.1 Å². The number of carbonyl (C=O) groups excluding carboxylic acids is 1. The van der Waals surface area contributed by atoms with E-state index in [-0.39, 0.29) is 5.91 Å². The second kappa shape index (κ2) is 6.84.